The smallest absolute Gasteiger partial charge is 0.298 e. The molecule has 0 saturated carbocycles. The summed E-state index contributed by atoms with van der Waals surface area (Å²) in [5.41, 5.74) is 5.58. The second kappa shape index (κ2) is 5.77. The summed E-state index contributed by atoms with van der Waals surface area (Å²) >= 11 is 0. The summed E-state index contributed by atoms with van der Waals surface area (Å²) in [4.78, 5) is 23.3. The van der Waals surface area contributed by atoms with E-state index in [9.17, 15) is 14.0 Å². The van der Waals surface area contributed by atoms with E-state index < -0.39 is 11.7 Å². The van der Waals surface area contributed by atoms with Crippen molar-refractivity contribution in [2.45, 2.75) is 0 Å². The molecule has 0 saturated heterocycles. The Morgan fingerprint density at radius 1 is 0.895 bits per heavy atom. The number of hydrogen-bond donors (Lipinski definition) is 2. The number of carbonyl (C=O) groups excluding carboxylic acids is 2. The Morgan fingerprint density at radius 2 is 1.53 bits per heavy atom. The van der Waals surface area contributed by atoms with Crippen LogP contribution < -0.4 is 10.9 Å². The molecular formula is C14H11FN2O2. The number of anilines is 1. The predicted molar refractivity (Wildman–Crippen MR) is 68.9 cm³/mol. The minimum Gasteiger partial charge on any atom is -0.298 e. The van der Waals surface area contributed by atoms with Gasteiger partial charge in [-0.05, 0) is 24.3 Å². The molecule has 0 atom stereocenters. The van der Waals surface area contributed by atoms with E-state index in [2.05, 4.69) is 10.9 Å². The van der Waals surface area contributed by atoms with Crippen molar-refractivity contribution in [3.8, 4) is 0 Å². The molecule has 2 aromatic carbocycles. The van der Waals surface area contributed by atoms with Gasteiger partial charge < -0.3 is 0 Å². The minimum absolute atomic E-state index is 0.306. The fourth-order valence-corrected chi connectivity index (χ4v) is 1.44. The first-order valence-electron chi connectivity index (χ1n) is 5.58. The predicted octanol–water partition coefficient (Wildman–Crippen LogP) is 2.15. The van der Waals surface area contributed by atoms with Gasteiger partial charge in [0.1, 0.15) is 5.82 Å². The van der Waals surface area contributed by atoms with E-state index in [1.807, 2.05) is 0 Å². The minimum atomic E-state index is -0.782. The normalized spacial score (nSPS) is 9.74. The van der Waals surface area contributed by atoms with Crippen LogP contribution >= 0.6 is 0 Å². The van der Waals surface area contributed by atoms with Gasteiger partial charge >= 0.3 is 5.91 Å². The van der Waals surface area contributed by atoms with Crippen LogP contribution in [0.3, 0.4) is 0 Å². The van der Waals surface area contributed by atoms with Gasteiger partial charge in [0.25, 0.3) is 5.78 Å². The zero-order valence-electron chi connectivity index (χ0n) is 9.89. The number of ketones is 1. The Hall–Kier alpha value is -2.69. The second-order valence-electron chi connectivity index (χ2n) is 3.78. The largest absolute Gasteiger partial charge is 0.310 e. The molecule has 0 unspecified atom stereocenters. The van der Waals surface area contributed by atoms with Crippen molar-refractivity contribution >= 4 is 17.4 Å². The average Bonchev–Trinajstić information content (AvgIpc) is 2.46. The molecule has 0 aliphatic heterocycles. The molecule has 4 nitrogen and oxygen atoms in total. The zero-order valence-corrected chi connectivity index (χ0v) is 9.89. The lowest BCUT2D eigenvalue weighted by Crippen LogP contribution is -2.35. The molecule has 0 aromatic heterocycles. The topological polar surface area (TPSA) is 58.2 Å². The first kappa shape index (κ1) is 12.8. The van der Waals surface area contributed by atoms with Crippen LogP contribution in [0.2, 0.25) is 0 Å². The highest BCUT2D eigenvalue weighted by Crippen LogP contribution is 2.06. The summed E-state index contributed by atoms with van der Waals surface area (Å²) in [6.07, 6.45) is 0. The van der Waals surface area contributed by atoms with Gasteiger partial charge in [-0.1, -0.05) is 30.3 Å². The quantitative estimate of drug-likeness (QED) is 0.502. The highest BCUT2D eigenvalue weighted by Gasteiger charge is 2.14. The third kappa shape index (κ3) is 3.38. The molecule has 0 aliphatic carbocycles. The van der Waals surface area contributed by atoms with Crippen LogP contribution in [0, 0.1) is 5.82 Å². The zero-order chi connectivity index (χ0) is 13.7. The molecule has 0 radical (unpaired) electrons. The molecule has 2 rings (SSSR count). The van der Waals surface area contributed by atoms with E-state index in [1.165, 1.54) is 24.3 Å². The lowest BCUT2D eigenvalue weighted by atomic mass is 10.1. The maximum absolute atomic E-state index is 12.7. The maximum Gasteiger partial charge on any atom is 0.310 e. The van der Waals surface area contributed by atoms with Crippen molar-refractivity contribution in [1.29, 1.82) is 0 Å². The highest BCUT2D eigenvalue weighted by atomic mass is 19.1. The van der Waals surface area contributed by atoms with E-state index in [0.29, 0.717) is 11.3 Å². The monoisotopic (exact) mass is 258 g/mol. The molecule has 19 heavy (non-hydrogen) atoms. The number of benzene rings is 2. The second-order valence-corrected chi connectivity index (χ2v) is 3.78. The van der Waals surface area contributed by atoms with E-state index in [-0.39, 0.29) is 5.82 Å². The van der Waals surface area contributed by atoms with Gasteiger partial charge in [0.2, 0.25) is 0 Å². The molecule has 0 heterocycles. The molecule has 96 valence electrons. The molecule has 0 spiro atoms. The van der Waals surface area contributed by atoms with E-state index in [4.69, 9.17) is 0 Å². The number of halogens is 1. The van der Waals surface area contributed by atoms with Crippen molar-refractivity contribution in [3.05, 3.63) is 66.0 Å². The number of Topliss-reactive ketones (excluding diaryl/α,β-unsaturated/α-hetero) is 1. The van der Waals surface area contributed by atoms with Crippen LogP contribution in [0.1, 0.15) is 10.4 Å². The lowest BCUT2D eigenvalue weighted by molar-refractivity contribution is -0.116. The summed E-state index contributed by atoms with van der Waals surface area (Å²) in [5.74, 6) is -1.80. The van der Waals surface area contributed by atoms with Crippen LogP contribution in [0.15, 0.2) is 54.6 Å². The lowest BCUT2D eigenvalue weighted by Gasteiger charge is -2.07. The third-order valence-corrected chi connectivity index (χ3v) is 2.41. The van der Waals surface area contributed by atoms with Crippen molar-refractivity contribution in [1.82, 2.24) is 5.43 Å². The van der Waals surface area contributed by atoms with Gasteiger partial charge in [-0.3, -0.25) is 20.4 Å². The van der Waals surface area contributed by atoms with E-state index in [1.54, 1.807) is 30.3 Å². The number of nitrogens with one attached hydrogen (secondary N) is 2. The number of amides is 1. The van der Waals surface area contributed by atoms with E-state index >= 15 is 0 Å². The molecular weight excluding hydrogens is 247 g/mol. The standard InChI is InChI=1S/C14H11FN2O2/c15-11-6-8-12(9-7-11)16-17-14(19)13(18)10-4-2-1-3-5-10/h1-9,16H,(H,17,19). The molecule has 2 N–H and O–H groups in total. The summed E-state index contributed by atoms with van der Waals surface area (Å²) in [6, 6.07) is 13.6. The van der Waals surface area contributed by atoms with Crippen LogP contribution in [0.25, 0.3) is 0 Å². The van der Waals surface area contributed by atoms with Crippen molar-refractivity contribution in [3.63, 3.8) is 0 Å². The van der Waals surface area contributed by atoms with Crippen molar-refractivity contribution in [2.75, 3.05) is 5.43 Å². The molecule has 0 aliphatic rings. The Kier molecular flexibility index (Phi) is 3.87. The Labute approximate surface area is 109 Å². The Bertz CT molecular complexity index is 582. The van der Waals surface area contributed by atoms with Gasteiger partial charge in [-0.25, -0.2) is 4.39 Å². The molecule has 2 aromatic rings. The van der Waals surface area contributed by atoms with E-state index in [0.717, 1.165) is 0 Å². The Morgan fingerprint density at radius 3 is 2.16 bits per heavy atom. The first-order chi connectivity index (χ1) is 9.16. The number of hydrogen-bond acceptors (Lipinski definition) is 3. The summed E-state index contributed by atoms with van der Waals surface area (Å²) < 4.78 is 12.7. The van der Waals surface area contributed by atoms with Crippen LogP contribution in [-0.4, -0.2) is 11.7 Å². The molecule has 0 bridgehead atoms. The fourth-order valence-electron chi connectivity index (χ4n) is 1.44. The van der Waals surface area contributed by atoms with Gasteiger partial charge in [-0.15, -0.1) is 0 Å². The number of carbonyl (C=O) groups is 2. The van der Waals surface area contributed by atoms with Gasteiger partial charge in [-0.2, -0.15) is 0 Å². The molecule has 5 heteroatoms. The summed E-state index contributed by atoms with van der Waals surface area (Å²) in [6.45, 7) is 0. The van der Waals surface area contributed by atoms with Crippen LogP contribution in [0.5, 0.6) is 0 Å². The van der Waals surface area contributed by atoms with Crippen LogP contribution in [0.4, 0.5) is 10.1 Å². The maximum atomic E-state index is 12.7. The summed E-state index contributed by atoms with van der Waals surface area (Å²) in [7, 11) is 0. The fraction of sp³-hybridized carbons (Fsp3) is 0. The summed E-state index contributed by atoms with van der Waals surface area (Å²) in [5, 5.41) is 0. The van der Waals surface area contributed by atoms with Gasteiger partial charge in [0.05, 0.1) is 5.69 Å². The SMILES string of the molecule is O=C(NNc1ccc(F)cc1)C(=O)c1ccccc1. The molecule has 0 fully saturated rings. The molecule has 1 amide bonds. The van der Waals surface area contributed by atoms with Gasteiger partial charge in [0.15, 0.2) is 0 Å². The first-order valence-corrected chi connectivity index (χ1v) is 5.58. The Balaban J connectivity index is 1.95. The van der Waals surface area contributed by atoms with Crippen molar-refractivity contribution in [2.24, 2.45) is 0 Å². The van der Waals surface area contributed by atoms with Crippen molar-refractivity contribution < 1.29 is 14.0 Å². The number of hydrazine groups is 1. The highest BCUT2D eigenvalue weighted by molar-refractivity contribution is 6.42. The van der Waals surface area contributed by atoms with Crippen LogP contribution in [-0.2, 0) is 4.79 Å². The average molecular weight is 258 g/mol. The third-order valence-electron chi connectivity index (χ3n) is 2.41. The van der Waals surface area contributed by atoms with Gasteiger partial charge in [0, 0.05) is 5.56 Å². The number of rotatable bonds is 4.